The molecule has 44 heavy (non-hydrogen) atoms. The van der Waals surface area contributed by atoms with Crippen LogP contribution in [0.3, 0.4) is 0 Å². The standard InChI is InChI=1S/C29H31F6N3O5S/c30-28(31,32)25-18(5-7-24(41)37-12-14-43-15-13-37)4-6-23(26(25)29(33,34)35)44-21-3-1-2-20(16-21)36-19-8-10-38(11-9-19)27(42)22(40)17-39/h1-7,16,19,22,36,39-40H,8-15,17H2. The molecular weight excluding hydrogens is 616 g/mol. The number of benzene rings is 2. The smallest absolute Gasteiger partial charge is 0.393 e. The minimum absolute atomic E-state index is 0.112. The Hall–Kier alpha value is -3.27. The van der Waals surface area contributed by atoms with E-state index in [2.05, 4.69) is 5.32 Å². The fourth-order valence-electron chi connectivity index (χ4n) is 5.01. The van der Waals surface area contributed by atoms with Crippen molar-refractivity contribution < 1.29 is 50.9 Å². The predicted octanol–water partition coefficient (Wildman–Crippen LogP) is 4.50. The zero-order valence-electron chi connectivity index (χ0n) is 23.3. The molecule has 0 saturated carbocycles. The molecule has 2 fully saturated rings. The molecule has 2 amide bonds. The van der Waals surface area contributed by atoms with Crippen molar-refractivity contribution in [3.8, 4) is 0 Å². The number of nitrogens with one attached hydrogen (secondary N) is 1. The lowest BCUT2D eigenvalue weighted by Gasteiger charge is -2.33. The molecule has 0 aliphatic carbocycles. The number of hydrogen-bond acceptors (Lipinski definition) is 7. The average molecular weight is 648 g/mol. The molecule has 2 heterocycles. The maximum Gasteiger partial charge on any atom is 0.418 e. The van der Waals surface area contributed by atoms with Gasteiger partial charge in [-0.1, -0.05) is 23.9 Å². The van der Waals surface area contributed by atoms with E-state index in [9.17, 15) is 41.0 Å². The molecule has 2 aliphatic heterocycles. The van der Waals surface area contributed by atoms with Gasteiger partial charge in [0.2, 0.25) is 5.91 Å². The molecule has 240 valence electrons. The van der Waals surface area contributed by atoms with Crippen molar-refractivity contribution >= 4 is 35.3 Å². The third kappa shape index (κ3) is 8.46. The molecule has 2 aromatic carbocycles. The molecule has 4 rings (SSSR count). The van der Waals surface area contributed by atoms with Crippen molar-refractivity contribution in [2.75, 3.05) is 51.3 Å². The van der Waals surface area contributed by atoms with Crippen LogP contribution in [0, 0.1) is 0 Å². The summed E-state index contributed by atoms with van der Waals surface area (Å²) >= 11 is 0.536. The average Bonchev–Trinajstić information content (AvgIpc) is 2.99. The maximum absolute atomic E-state index is 14.3. The van der Waals surface area contributed by atoms with Crippen LogP contribution in [0.2, 0.25) is 0 Å². The van der Waals surface area contributed by atoms with Gasteiger partial charge in [-0.05, 0) is 48.7 Å². The van der Waals surface area contributed by atoms with Gasteiger partial charge in [-0.2, -0.15) is 26.3 Å². The number of nitrogens with zero attached hydrogens (tertiary/aromatic N) is 2. The van der Waals surface area contributed by atoms with Gasteiger partial charge < -0.3 is 30.1 Å². The van der Waals surface area contributed by atoms with Gasteiger partial charge in [-0.3, -0.25) is 9.59 Å². The van der Waals surface area contributed by atoms with E-state index in [0.717, 1.165) is 24.3 Å². The zero-order valence-corrected chi connectivity index (χ0v) is 24.1. The molecule has 15 heteroatoms. The van der Waals surface area contributed by atoms with Gasteiger partial charge in [-0.25, -0.2) is 0 Å². The van der Waals surface area contributed by atoms with Crippen LogP contribution in [0.25, 0.3) is 6.08 Å². The molecule has 0 radical (unpaired) electrons. The number of aliphatic hydroxyl groups excluding tert-OH is 2. The van der Waals surface area contributed by atoms with Crippen LogP contribution >= 0.6 is 11.8 Å². The summed E-state index contributed by atoms with van der Waals surface area (Å²) in [7, 11) is 0. The van der Waals surface area contributed by atoms with Crippen LogP contribution in [-0.2, 0) is 26.7 Å². The van der Waals surface area contributed by atoms with E-state index in [-0.39, 0.29) is 37.2 Å². The Morgan fingerprint density at radius 2 is 1.64 bits per heavy atom. The SMILES string of the molecule is O=C(C=Cc1ccc(Sc2cccc(NC3CCN(C(=O)C(O)CO)CC3)c2)c(C(F)(F)F)c1C(F)(F)F)N1CCOCC1. The normalized spacial score (nSPS) is 17.6. The molecule has 2 aliphatic rings. The van der Waals surface area contributed by atoms with Crippen molar-refractivity contribution in [1.82, 2.24) is 9.80 Å². The van der Waals surface area contributed by atoms with E-state index < -0.39 is 58.5 Å². The number of likely N-dealkylation sites (tertiary alicyclic amines) is 1. The number of alkyl halides is 6. The Morgan fingerprint density at radius 3 is 2.25 bits per heavy atom. The molecule has 8 nitrogen and oxygen atoms in total. The maximum atomic E-state index is 14.3. The third-order valence-electron chi connectivity index (χ3n) is 7.19. The first kappa shape index (κ1) is 33.6. The second-order valence-electron chi connectivity index (χ2n) is 10.2. The second-order valence-corrected chi connectivity index (χ2v) is 11.4. The number of amides is 2. The van der Waals surface area contributed by atoms with Crippen LogP contribution in [0.5, 0.6) is 0 Å². The van der Waals surface area contributed by atoms with Gasteiger partial charge in [-0.15, -0.1) is 0 Å². The third-order valence-corrected chi connectivity index (χ3v) is 8.24. The van der Waals surface area contributed by atoms with Crippen molar-refractivity contribution in [1.29, 1.82) is 0 Å². The molecule has 0 spiro atoms. The van der Waals surface area contributed by atoms with Crippen molar-refractivity contribution in [3.63, 3.8) is 0 Å². The van der Waals surface area contributed by atoms with Gasteiger partial charge in [0.15, 0.2) is 6.10 Å². The highest BCUT2D eigenvalue weighted by atomic mass is 32.2. The van der Waals surface area contributed by atoms with Gasteiger partial charge in [0.25, 0.3) is 5.91 Å². The zero-order chi connectivity index (χ0) is 32.1. The minimum Gasteiger partial charge on any atom is -0.393 e. The summed E-state index contributed by atoms with van der Waals surface area (Å²) in [6, 6.07) is 8.02. The van der Waals surface area contributed by atoms with Crippen LogP contribution in [-0.4, -0.2) is 90.0 Å². The number of carbonyl (C=O) groups is 2. The van der Waals surface area contributed by atoms with Crippen molar-refractivity contribution in [2.24, 2.45) is 0 Å². The topological polar surface area (TPSA) is 102 Å². The first-order valence-electron chi connectivity index (χ1n) is 13.8. The summed E-state index contributed by atoms with van der Waals surface area (Å²) in [4.78, 5) is 26.9. The molecule has 2 saturated heterocycles. The number of morpholine rings is 1. The molecule has 1 atom stereocenters. The monoisotopic (exact) mass is 647 g/mol. The molecule has 0 bridgehead atoms. The van der Waals surface area contributed by atoms with E-state index in [1.807, 2.05) is 0 Å². The van der Waals surface area contributed by atoms with Crippen LogP contribution in [0.4, 0.5) is 32.0 Å². The summed E-state index contributed by atoms with van der Waals surface area (Å²) in [5.41, 5.74) is -3.96. The largest absolute Gasteiger partial charge is 0.418 e. The van der Waals surface area contributed by atoms with E-state index in [4.69, 9.17) is 9.84 Å². The molecule has 0 aromatic heterocycles. The number of aliphatic hydroxyl groups is 2. The van der Waals surface area contributed by atoms with Crippen LogP contribution < -0.4 is 5.32 Å². The highest BCUT2D eigenvalue weighted by Gasteiger charge is 2.46. The van der Waals surface area contributed by atoms with E-state index in [0.29, 0.717) is 43.4 Å². The number of hydrogen-bond donors (Lipinski definition) is 3. The Morgan fingerprint density at radius 1 is 0.977 bits per heavy atom. The fourth-order valence-corrected chi connectivity index (χ4v) is 6.05. The predicted molar refractivity (Wildman–Crippen MR) is 150 cm³/mol. The number of ether oxygens (including phenoxy) is 1. The number of carbonyl (C=O) groups excluding carboxylic acids is 2. The van der Waals surface area contributed by atoms with Gasteiger partial charge in [0.05, 0.1) is 30.9 Å². The van der Waals surface area contributed by atoms with Crippen LogP contribution in [0.1, 0.15) is 29.5 Å². The van der Waals surface area contributed by atoms with Gasteiger partial charge in [0.1, 0.15) is 0 Å². The Kier molecular flexibility index (Phi) is 10.9. The lowest BCUT2D eigenvalue weighted by molar-refractivity contribution is -0.163. The van der Waals surface area contributed by atoms with Gasteiger partial charge >= 0.3 is 12.4 Å². The number of piperidine rings is 1. The molecular formula is C29H31F6N3O5S. The van der Waals surface area contributed by atoms with Crippen molar-refractivity contribution in [2.45, 2.75) is 47.1 Å². The minimum atomic E-state index is -5.37. The number of rotatable bonds is 8. The first-order valence-corrected chi connectivity index (χ1v) is 14.6. The summed E-state index contributed by atoms with van der Waals surface area (Å²) in [5, 5.41) is 21.8. The second kappa shape index (κ2) is 14.2. The summed E-state index contributed by atoms with van der Waals surface area (Å²) in [5.74, 6) is -1.20. The highest BCUT2D eigenvalue weighted by molar-refractivity contribution is 7.99. The molecule has 2 aromatic rings. The van der Waals surface area contributed by atoms with E-state index in [1.54, 1.807) is 12.1 Å². The molecule has 1 unspecified atom stereocenters. The van der Waals surface area contributed by atoms with E-state index >= 15 is 0 Å². The van der Waals surface area contributed by atoms with Crippen LogP contribution in [0.15, 0.2) is 52.3 Å². The Labute approximate surface area is 253 Å². The molecule has 3 N–H and O–H groups in total. The highest BCUT2D eigenvalue weighted by Crippen LogP contribution is 2.48. The first-order chi connectivity index (χ1) is 20.8. The summed E-state index contributed by atoms with van der Waals surface area (Å²) in [6.07, 6.45) is -9.61. The lowest BCUT2D eigenvalue weighted by atomic mass is 9.99. The number of anilines is 1. The Balaban J connectivity index is 1.55. The Bertz CT molecular complexity index is 1360. The van der Waals surface area contributed by atoms with E-state index in [1.165, 1.54) is 21.9 Å². The van der Waals surface area contributed by atoms with Crippen molar-refractivity contribution in [3.05, 3.63) is 59.2 Å². The summed E-state index contributed by atoms with van der Waals surface area (Å²) < 4.78 is 90.5. The van der Waals surface area contributed by atoms with Gasteiger partial charge in [0, 0.05) is 53.8 Å². The number of halogens is 6. The summed E-state index contributed by atoms with van der Waals surface area (Å²) in [6.45, 7) is 0.901. The lowest BCUT2D eigenvalue weighted by Crippen LogP contribution is -2.47. The fraction of sp³-hybridized carbons (Fsp3) is 0.448. The quantitative estimate of drug-likeness (QED) is 0.287.